The van der Waals surface area contributed by atoms with Crippen LogP contribution in [0.4, 0.5) is 19.1 Å². The van der Waals surface area contributed by atoms with Crippen molar-refractivity contribution in [3.05, 3.63) is 40.7 Å². The first kappa shape index (κ1) is 17.9. The van der Waals surface area contributed by atoms with Gasteiger partial charge >= 0.3 is 6.18 Å². The number of aryl methyl sites for hydroxylation is 1. The Morgan fingerprint density at radius 2 is 2.00 bits per heavy atom. The molecule has 0 amide bonds. The zero-order chi connectivity index (χ0) is 19.0. The van der Waals surface area contributed by atoms with E-state index in [4.69, 9.17) is 9.47 Å². The van der Waals surface area contributed by atoms with Crippen LogP contribution < -0.4 is 14.8 Å². The van der Waals surface area contributed by atoms with Crippen LogP contribution in [-0.4, -0.2) is 29.7 Å². The fourth-order valence-electron chi connectivity index (χ4n) is 3.72. The van der Waals surface area contributed by atoms with Crippen molar-refractivity contribution in [1.29, 1.82) is 0 Å². The molecule has 4 rings (SSSR count). The lowest BCUT2D eigenvalue weighted by molar-refractivity contribution is -0.142. The second-order valence-corrected chi connectivity index (χ2v) is 6.83. The van der Waals surface area contributed by atoms with Crippen LogP contribution in [0.1, 0.15) is 35.4 Å². The maximum Gasteiger partial charge on any atom is 0.433 e. The minimum Gasteiger partial charge on any atom is -0.493 e. The minimum atomic E-state index is -4.48. The lowest BCUT2D eigenvalue weighted by Crippen LogP contribution is -2.34. The third-order valence-electron chi connectivity index (χ3n) is 4.96. The molecule has 0 spiro atoms. The van der Waals surface area contributed by atoms with Crippen molar-refractivity contribution in [2.24, 2.45) is 0 Å². The molecule has 2 heterocycles. The number of aromatic nitrogens is 2. The van der Waals surface area contributed by atoms with Crippen molar-refractivity contribution in [3.63, 3.8) is 0 Å². The van der Waals surface area contributed by atoms with Crippen LogP contribution >= 0.6 is 0 Å². The van der Waals surface area contributed by atoms with Gasteiger partial charge in [-0.15, -0.1) is 0 Å². The van der Waals surface area contributed by atoms with Gasteiger partial charge in [-0.2, -0.15) is 13.2 Å². The number of hydrogen-bond acceptors (Lipinski definition) is 5. The maximum absolute atomic E-state index is 13.5. The highest BCUT2D eigenvalue weighted by molar-refractivity contribution is 5.49. The van der Waals surface area contributed by atoms with E-state index in [0.717, 1.165) is 18.4 Å². The lowest BCUT2D eigenvalue weighted by Gasteiger charge is -2.28. The Labute approximate surface area is 154 Å². The number of rotatable bonds is 3. The molecule has 0 fully saturated rings. The van der Waals surface area contributed by atoms with Gasteiger partial charge in [-0.1, -0.05) is 12.1 Å². The summed E-state index contributed by atoms with van der Waals surface area (Å²) in [6, 6.07) is 5.38. The van der Waals surface area contributed by atoms with E-state index in [1.807, 2.05) is 18.2 Å². The molecular formula is C19H20F3N3O2. The zero-order valence-corrected chi connectivity index (χ0v) is 14.9. The van der Waals surface area contributed by atoms with E-state index in [-0.39, 0.29) is 17.6 Å². The van der Waals surface area contributed by atoms with E-state index < -0.39 is 11.9 Å². The zero-order valence-electron chi connectivity index (χ0n) is 14.9. The molecule has 8 heteroatoms. The van der Waals surface area contributed by atoms with Crippen LogP contribution in [0.5, 0.6) is 11.5 Å². The van der Waals surface area contributed by atoms with E-state index in [2.05, 4.69) is 15.3 Å². The van der Waals surface area contributed by atoms with E-state index >= 15 is 0 Å². The van der Waals surface area contributed by atoms with Crippen LogP contribution in [0.2, 0.25) is 0 Å². The lowest BCUT2D eigenvalue weighted by atomic mass is 9.94. The molecule has 1 atom stereocenters. The quantitative estimate of drug-likeness (QED) is 0.879. The average Bonchev–Trinajstić information content (AvgIpc) is 2.66. The van der Waals surface area contributed by atoms with Crippen LogP contribution in [0.15, 0.2) is 18.2 Å². The summed E-state index contributed by atoms with van der Waals surface area (Å²) >= 11 is 0. The first-order chi connectivity index (χ1) is 13.0. The Morgan fingerprint density at radius 1 is 1.19 bits per heavy atom. The maximum atomic E-state index is 13.5. The number of halogens is 3. The van der Waals surface area contributed by atoms with Crippen molar-refractivity contribution in [2.75, 3.05) is 19.0 Å². The molecule has 0 saturated carbocycles. The van der Waals surface area contributed by atoms with E-state index in [0.29, 0.717) is 43.1 Å². The molecule has 1 aromatic heterocycles. The Hall–Kier alpha value is -2.51. The van der Waals surface area contributed by atoms with E-state index in [1.54, 1.807) is 7.11 Å². The third-order valence-corrected chi connectivity index (χ3v) is 4.96. The van der Waals surface area contributed by atoms with Crippen LogP contribution in [0, 0.1) is 0 Å². The molecule has 27 heavy (non-hydrogen) atoms. The number of alkyl halides is 3. The average molecular weight is 379 g/mol. The Bertz CT molecular complexity index is 855. The molecule has 144 valence electrons. The number of benzene rings is 1. The number of fused-ring (bicyclic) bond motifs is 2. The van der Waals surface area contributed by atoms with Crippen LogP contribution in [-0.2, 0) is 25.4 Å². The topological polar surface area (TPSA) is 56.3 Å². The molecule has 0 saturated heterocycles. The molecule has 1 N–H and O–H groups in total. The molecule has 1 aromatic carbocycles. The summed E-state index contributed by atoms with van der Waals surface area (Å²) < 4.78 is 51.4. The van der Waals surface area contributed by atoms with E-state index in [1.165, 1.54) is 0 Å². The third kappa shape index (κ3) is 3.52. The molecule has 1 aliphatic carbocycles. The van der Waals surface area contributed by atoms with Crippen LogP contribution in [0.25, 0.3) is 0 Å². The van der Waals surface area contributed by atoms with Gasteiger partial charge in [-0.25, -0.2) is 9.97 Å². The largest absolute Gasteiger partial charge is 0.493 e. The highest BCUT2D eigenvalue weighted by Gasteiger charge is 2.38. The summed E-state index contributed by atoms with van der Waals surface area (Å²) in [6.07, 6.45) is -1.37. The molecule has 1 aliphatic heterocycles. The fourth-order valence-corrected chi connectivity index (χ4v) is 3.72. The Kier molecular flexibility index (Phi) is 4.57. The predicted molar refractivity (Wildman–Crippen MR) is 93.3 cm³/mol. The van der Waals surface area contributed by atoms with Gasteiger partial charge in [0.05, 0.1) is 13.2 Å². The second kappa shape index (κ2) is 6.90. The van der Waals surface area contributed by atoms with Gasteiger partial charge in [0.1, 0.15) is 6.61 Å². The van der Waals surface area contributed by atoms with Gasteiger partial charge in [0.15, 0.2) is 17.2 Å². The summed E-state index contributed by atoms with van der Waals surface area (Å²) in [5.74, 6) is 1.35. The van der Waals surface area contributed by atoms with Gasteiger partial charge in [0, 0.05) is 16.8 Å². The van der Waals surface area contributed by atoms with Gasteiger partial charge in [0.25, 0.3) is 0 Å². The first-order valence-electron chi connectivity index (χ1n) is 8.98. The molecule has 5 nitrogen and oxygen atoms in total. The monoisotopic (exact) mass is 379 g/mol. The van der Waals surface area contributed by atoms with Crippen molar-refractivity contribution in [2.45, 2.75) is 44.3 Å². The van der Waals surface area contributed by atoms with Crippen molar-refractivity contribution >= 4 is 5.95 Å². The standard InChI is InChI=1S/C19H20F3N3O2/c1-26-15-8-4-5-11-9-12(10-27-16(11)15)23-18-24-14-7-3-2-6-13(14)17(25-18)19(20,21)22/h4-5,8,12H,2-3,6-7,9-10H2,1H3,(H,23,24,25). The smallest absolute Gasteiger partial charge is 0.433 e. The molecule has 2 aliphatic rings. The van der Waals surface area contributed by atoms with Gasteiger partial charge in [-0.05, 0) is 38.2 Å². The van der Waals surface area contributed by atoms with Gasteiger partial charge in [-0.3, -0.25) is 0 Å². The first-order valence-corrected chi connectivity index (χ1v) is 8.98. The molecule has 0 radical (unpaired) electrons. The predicted octanol–water partition coefficient (Wildman–Crippen LogP) is 3.80. The molecule has 2 aromatic rings. The number of methoxy groups -OCH3 is 1. The summed E-state index contributed by atoms with van der Waals surface area (Å²) in [7, 11) is 1.57. The highest BCUT2D eigenvalue weighted by atomic mass is 19.4. The molecule has 1 unspecified atom stereocenters. The van der Waals surface area contributed by atoms with Crippen LogP contribution in [0.3, 0.4) is 0 Å². The van der Waals surface area contributed by atoms with Crippen molar-refractivity contribution < 1.29 is 22.6 Å². The SMILES string of the molecule is COc1cccc2c1OCC(Nc1nc3c(c(C(F)(F)F)n1)CCCC3)C2. The summed E-state index contributed by atoms with van der Waals surface area (Å²) in [5.41, 5.74) is 0.875. The van der Waals surface area contributed by atoms with Gasteiger partial charge < -0.3 is 14.8 Å². The fraction of sp³-hybridized carbons (Fsp3) is 0.474. The Morgan fingerprint density at radius 3 is 2.78 bits per heavy atom. The van der Waals surface area contributed by atoms with Crippen molar-refractivity contribution in [1.82, 2.24) is 9.97 Å². The number of para-hydroxylation sites is 1. The molecular weight excluding hydrogens is 359 g/mol. The normalized spacial score (nSPS) is 18.9. The number of anilines is 1. The van der Waals surface area contributed by atoms with Gasteiger partial charge in [0.2, 0.25) is 5.95 Å². The number of nitrogens with one attached hydrogen (secondary N) is 1. The molecule has 0 bridgehead atoms. The second-order valence-electron chi connectivity index (χ2n) is 6.83. The Balaban J connectivity index is 1.60. The summed E-state index contributed by atoms with van der Waals surface area (Å²) in [6.45, 7) is 0.301. The number of nitrogens with zero attached hydrogens (tertiary/aromatic N) is 2. The number of hydrogen-bond donors (Lipinski definition) is 1. The minimum absolute atomic E-state index is 0.0166. The summed E-state index contributed by atoms with van der Waals surface area (Å²) in [4.78, 5) is 8.18. The van der Waals surface area contributed by atoms with Crippen molar-refractivity contribution in [3.8, 4) is 11.5 Å². The summed E-state index contributed by atoms with van der Waals surface area (Å²) in [5, 5.41) is 3.03. The van der Waals surface area contributed by atoms with E-state index in [9.17, 15) is 13.2 Å². The number of ether oxygens (including phenoxy) is 2. The highest BCUT2D eigenvalue weighted by Crippen LogP contribution is 2.37.